The van der Waals surface area contributed by atoms with Crippen LogP contribution in [0.15, 0.2) is 30.3 Å². The molecule has 120 valence electrons. The largest absolute Gasteiger partial charge is 0.504 e. The van der Waals surface area contributed by atoms with Gasteiger partial charge in [-0.05, 0) is 5.56 Å². The highest BCUT2D eigenvalue weighted by Crippen LogP contribution is 2.19. The molecule has 1 aromatic carbocycles. The monoisotopic (exact) mass is 314 g/mol. The molecule has 0 spiro atoms. The van der Waals surface area contributed by atoms with Crippen LogP contribution in [-0.4, -0.2) is 23.8 Å². The lowest BCUT2D eigenvalue weighted by atomic mass is 10.2. The first-order valence-electron chi connectivity index (χ1n) is 6.67. The number of esters is 2. The van der Waals surface area contributed by atoms with E-state index in [1.165, 1.54) is 0 Å². The van der Waals surface area contributed by atoms with Crippen LogP contribution in [0.25, 0.3) is 0 Å². The number of carbonyl (C=O) groups excluding carboxylic acids is 3. The van der Waals surface area contributed by atoms with E-state index in [1.54, 1.807) is 37.3 Å². The predicted octanol–water partition coefficient (Wildman–Crippen LogP) is 2.63. The summed E-state index contributed by atoms with van der Waals surface area (Å²) >= 11 is 0. The van der Waals surface area contributed by atoms with Crippen molar-refractivity contribution in [3.8, 4) is 0 Å². The van der Waals surface area contributed by atoms with E-state index in [2.05, 4.69) is 9.47 Å². The van der Waals surface area contributed by atoms with Crippen molar-refractivity contribution in [1.82, 2.24) is 0 Å². The summed E-state index contributed by atoms with van der Waals surface area (Å²) in [7, 11) is 0. The molecule has 7 heteroatoms. The van der Waals surface area contributed by atoms with Crippen LogP contribution in [0.4, 0.5) is 8.78 Å². The van der Waals surface area contributed by atoms with Crippen LogP contribution < -0.4 is 0 Å². The summed E-state index contributed by atoms with van der Waals surface area (Å²) in [6, 6.07) is 8.22. The number of alkyl halides is 2. The van der Waals surface area contributed by atoms with Crippen LogP contribution in [0.1, 0.15) is 31.7 Å². The van der Waals surface area contributed by atoms with E-state index in [-0.39, 0.29) is 25.2 Å². The Morgan fingerprint density at radius 2 is 1.73 bits per heavy atom. The second-order valence-corrected chi connectivity index (χ2v) is 4.44. The van der Waals surface area contributed by atoms with Gasteiger partial charge in [-0.2, -0.15) is 8.78 Å². The number of rotatable bonds is 8. The molecular weight excluding hydrogens is 298 g/mol. The molecule has 0 amide bonds. The van der Waals surface area contributed by atoms with Crippen LogP contribution in [0.2, 0.25) is 0 Å². The van der Waals surface area contributed by atoms with E-state index < -0.39 is 24.5 Å². The molecule has 0 atom stereocenters. The van der Waals surface area contributed by atoms with E-state index in [0.717, 1.165) is 0 Å². The van der Waals surface area contributed by atoms with Crippen molar-refractivity contribution >= 4 is 17.7 Å². The summed E-state index contributed by atoms with van der Waals surface area (Å²) in [5.41, 5.74) is 0.520. The maximum absolute atomic E-state index is 13.4. The van der Waals surface area contributed by atoms with E-state index in [1.807, 2.05) is 0 Å². The molecule has 0 heterocycles. The third-order valence-corrected chi connectivity index (χ3v) is 2.69. The topological polar surface area (TPSA) is 69.7 Å². The van der Waals surface area contributed by atoms with Gasteiger partial charge in [-0.1, -0.05) is 37.3 Å². The Hall–Kier alpha value is -2.31. The van der Waals surface area contributed by atoms with Gasteiger partial charge in [0.1, 0.15) is 12.4 Å². The zero-order valence-electron chi connectivity index (χ0n) is 12.0. The zero-order valence-corrected chi connectivity index (χ0v) is 12.0. The van der Waals surface area contributed by atoms with Crippen molar-refractivity contribution in [3.05, 3.63) is 35.9 Å². The molecule has 0 N–H and O–H groups in total. The number of ether oxygens (including phenoxy) is 2. The lowest BCUT2D eigenvalue weighted by molar-refractivity contribution is -0.245. The minimum Gasteiger partial charge on any atom is -0.453 e. The van der Waals surface area contributed by atoms with E-state index in [4.69, 9.17) is 0 Å². The van der Waals surface area contributed by atoms with Crippen LogP contribution in [-0.2, 0) is 30.5 Å². The van der Waals surface area contributed by atoms with Gasteiger partial charge in [0.25, 0.3) is 0 Å². The Bertz CT molecular complexity index is 528. The Kier molecular flexibility index (Phi) is 6.62. The van der Waals surface area contributed by atoms with Crippen molar-refractivity contribution in [2.24, 2.45) is 0 Å². The van der Waals surface area contributed by atoms with Gasteiger partial charge in [0.2, 0.25) is 0 Å². The van der Waals surface area contributed by atoms with Crippen LogP contribution in [0.5, 0.6) is 0 Å². The molecule has 0 aliphatic rings. The van der Waals surface area contributed by atoms with Gasteiger partial charge in [-0.3, -0.25) is 9.59 Å². The maximum atomic E-state index is 13.4. The maximum Gasteiger partial charge on any atom is 0.504 e. The summed E-state index contributed by atoms with van der Waals surface area (Å²) < 4.78 is 34.9. The van der Waals surface area contributed by atoms with Gasteiger partial charge in [0, 0.05) is 12.8 Å². The number of hydrogen-bond acceptors (Lipinski definition) is 5. The number of benzene rings is 1. The Balaban J connectivity index is 2.45. The predicted molar refractivity (Wildman–Crippen MR) is 71.8 cm³/mol. The van der Waals surface area contributed by atoms with Crippen LogP contribution in [0, 0.1) is 0 Å². The summed E-state index contributed by atoms with van der Waals surface area (Å²) in [6.45, 7) is 1.23. The standard InChI is InChI=1S/C15H16F2O5/c1-2-12(18)8-9-13(19)22-15(16,17)14(20)21-10-11-6-4-3-5-7-11/h3-7H,2,8-10H2,1H3. The average Bonchev–Trinajstić information content (AvgIpc) is 2.50. The summed E-state index contributed by atoms with van der Waals surface area (Å²) in [5.74, 6) is -3.54. The SMILES string of the molecule is CCC(=O)CCC(=O)OC(F)(F)C(=O)OCc1ccccc1. The van der Waals surface area contributed by atoms with E-state index >= 15 is 0 Å². The fourth-order valence-corrected chi connectivity index (χ4v) is 1.46. The molecule has 0 bridgehead atoms. The molecule has 5 nitrogen and oxygen atoms in total. The molecule has 22 heavy (non-hydrogen) atoms. The van der Waals surface area contributed by atoms with Crippen molar-refractivity contribution in [2.45, 2.75) is 38.9 Å². The fourth-order valence-electron chi connectivity index (χ4n) is 1.46. The number of carbonyl (C=O) groups is 3. The number of halogens is 2. The molecule has 0 saturated heterocycles. The molecule has 0 aliphatic heterocycles. The first-order chi connectivity index (χ1) is 10.3. The second kappa shape index (κ2) is 8.21. The van der Waals surface area contributed by atoms with Crippen molar-refractivity contribution in [1.29, 1.82) is 0 Å². The summed E-state index contributed by atoms with van der Waals surface area (Å²) in [5, 5.41) is 0. The van der Waals surface area contributed by atoms with Gasteiger partial charge < -0.3 is 9.47 Å². The smallest absolute Gasteiger partial charge is 0.453 e. The molecule has 1 aromatic rings. The van der Waals surface area contributed by atoms with Crippen molar-refractivity contribution < 1.29 is 32.6 Å². The Morgan fingerprint density at radius 3 is 2.32 bits per heavy atom. The summed E-state index contributed by atoms with van der Waals surface area (Å²) in [4.78, 5) is 33.4. The van der Waals surface area contributed by atoms with Crippen molar-refractivity contribution in [3.63, 3.8) is 0 Å². The highest BCUT2D eigenvalue weighted by Gasteiger charge is 2.45. The lowest BCUT2D eigenvalue weighted by Crippen LogP contribution is -2.36. The number of ketones is 1. The van der Waals surface area contributed by atoms with Gasteiger partial charge in [0.05, 0.1) is 6.42 Å². The Labute approximate surface area is 126 Å². The normalized spacial score (nSPS) is 10.9. The Morgan fingerprint density at radius 1 is 1.09 bits per heavy atom. The first kappa shape index (κ1) is 17.7. The number of hydrogen-bond donors (Lipinski definition) is 0. The lowest BCUT2D eigenvalue weighted by Gasteiger charge is -2.15. The van der Waals surface area contributed by atoms with Crippen molar-refractivity contribution in [2.75, 3.05) is 0 Å². The highest BCUT2D eigenvalue weighted by molar-refractivity contribution is 5.84. The van der Waals surface area contributed by atoms with Gasteiger partial charge in [0.15, 0.2) is 0 Å². The van der Waals surface area contributed by atoms with E-state index in [0.29, 0.717) is 5.56 Å². The fraction of sp³-hybridized carbons (Fsp3) is 0.400. The molecule has 0 aromatic heterocycles. The quantitative estimate of drug-likeness (QED) is 0.690. The minimum atomic E-state index is -4.37. The molecule has 0 unspecified atom stereocenters. The molecule has 0 aliphatic carbocycles. The zero-order chi connectivity index (χ0) is 16.6. The molecule has 1 rings (SSSR count). The van der Waals surface area contributed by atoms with Gasteiger partial charge in [-0.25, -0.2) is 4.79 Å². The molecule has 0 radical (unpaired) electrons. The summed E-state index contributed by atoms with van der Waals surface area (Å²) in [6.07, 6.45) is -4.89. The molecular formula is C15H16F2O5. The number of Topliss-reactive ketones (excluding diaryl/α,β-unsaturated/α-hetero) is 1. The highest BCUT2D eigenvalue weighted by atomic mass is 19.3. The average molecular weight is 314 g/mol. The second-order valence-electron chi connectivity index (χ2n) is 4.44. The van der Waals surface area contributed by atoms with Gasteiger partial charge in [-0.15, -0.1) is 0 Å². The third kappa shape index (κ3) is 5.99. The molecule has 0 saturated carbocycles. The van der Waals surface area contributed by atoms with Crippen LogP contribution in [0.3, 0.4) is 0 Å². The van der Waals surface area contributed by atoms with Gasteiger partial charge >= 0.3 is 18.0 Å². The third-order valence-electron chi connectivity index (χ3n) is 2.69. The first-order valence-corrected chi connectivity index (χ1v) is 6.67. The van der Waals surface area contributed by atoms with Crippen LogP contribution >= 0.6 is 0 Å². The van der Waals surface area contributed by atoms with E-state index in [9.17, 15) is 23.2 Å². The molecule has 0 fully saturated rings. The minimum absolute atomic E-state index is 0.197.